The molecular weight excluding hydrogens is 354 g/mol. The summed E-state index contributed by atoms with van der Waals surface area (Å²) in [5, 5.41) is 9.82. The quantitative estimate of drug-likeness (QED) is 0.434. The Bertz CT molecular complexity index is 999. The van der Waals surface area contributed by atoms with Gasteiger partial charge in [0.2, 0.25) is 0 Å². The first-order chi connectivity index (χ1) is 13.3. The summed E-state index contributed by atoms with van der Waals surface area (Å²) in [6.07, 6.45) is 0. The number of hydrogen-bond donors (Lipinski definition) is 0. The Morgan fingerprint density at radius 3 is 2.15 bits per heavy atom. The molecule has 4 nitrogen and oxygen atoms in total. The molecule has 0 spiro atoms. The minimum atomic E-state index is 0.819. The summed E-state index contributed by atoms with van der Waals surface area (Å²) < 4.78 is 7.37. The number of para-hydroxylation sites is 1. The highest BCUT2D eigenvalue weighted by Crippen LogP contribution is 2.30. The van der Waals surface area contributed by atoms with Crippen LogP contribution in [0.4, 0.5) is 0 Å². The zero-order valence-electron chi connectivity index (χ0n) is 14.9. The van der Waals surface area contributed by atoms with E-state index in [2.05, 4.69) is 51.2 Å². The molecule has 3 aromatic carbocycles. The van der Waals surface area contributed by atoms with E-state index in [0.717, 1.165) is 33.7 Å². The third-order valence-electron chi connectivity index (χ3n) is 4.21. The molecule has 4 rings (SSSR count). The van der Waals surface area contributed by atoms with E-state index in [1.54, 1.807) is 18.9 Å². The van der Waals surface area contributed by atoms with Crippen LogP contribution in [0.1, 0.15) is 5.56 Å². The molecule has 5 heteroatoms. The number of hydrogen-bond acceptors (Lipinski definition) is 4. The first-order valence-corrected chi connectivity index (χ1v) is 9.66. The van der Waals surface area contributed by atoms with Gasteiger partial charge in [0.15, 0.2) is 11.0 Å². The number of nitrogens with zero attached hydrogens (tertiary/aromatic N) is 3. The van der Waals surface area contributed by atoms with E-state index in [9.17, 15) is 0 Å². The first-order valence-electron chi connectivity index (χ1n) is 8.67. The maximum atomic E-state index is 5.27. The Morgan fingerprint density at radius 2 is 1.48 bits per heavy atom. The molecule has 1 heterocycles. The summed E-state index contributed by atoms with van der Waals surface area (Å²) in [4.78, 5) is 0. The summed E-state index contributed by atoms with van der Waals surface area (Å²) in [5.74, 6) is 2.48. The number of methoxy groups -OCH3 is 1. The highest BCUT2D eigenvalue weighted by molar-refractivity contribution is 7.98. The Labute approximate surface area is 162 Å². The van der Waals surface area contributed by atoms with Gasteiger partial charge in [-0.1, -0.05) is 60.3 Å². The van der Waals surface area contributed by atoms with E-state index in [0.29, 0.717) is 0 Å². The van der Waals surface area contributed by atoms with Gasteiger partial charge in [-0.3, -0.25) is 4.57 Å². The first kappa shape index (κ1) is 17.4. The van der Waals surface area contributed by atoms with Gasteiger partial charge in [0, 0.05) is 17.0 Å². The topological polar surface area (TPSA) is 39.9 Å². The lowest BCUT2D eigenvalue weighted by molar-refractivity contribution is 0.415. The molecule has 0 saturated heterocycles. The van der Waals surface area contributed by atoms with E-state index in [1.807, 2.05) is 48.5 Å². The van der Waals surface area contributed by atoms with Crippen LogP contribution in [0.2, 0.25) is 0 Å². The molecule has 0 fully saturated rings. The van der Waals surface area contributed by atoms with Crippen LogP contribution in [0, 0.1) is 0 Å². The van der Waals surface area contributed by atoms with Crippen molar-refractivity contribution in [2.45, 2.75) is 10.9 Å². The molecule has 0 amide bonds. The fourth-order valence-electron chi connectivity index (χ4n) is 2.82. The molecule has 0 bridgehead atoms. The minimum absolute atomic E-state index is 0.819. The molecule has 0 aliphatic heterocycles. The van der Waals surface area contributed by atoms with Gasteiger partial charge in [-0.15, -0.1) is 10.2 Å². The van der Waals surface area contributed by atoms with Crippen LogP contribution in [0.5, 0.6) is 5.75 Å². The second-order valence-corrected chi connectivity index (χ2v) is 6.92. The molecule has 0 aliphatic carbocycles. The van der Waals surface area contributed by atoms with Gasteiger partial charge in [-0.25, -0.2) is 0 Å². The Hall–Kier alpha value is -3.05. The van der Waals surface area contributed by atoms with Crippen LogP contribution in [-0.4, -0.2) is 21.9 Å². The SMILES string of the molecule is COc1ccc(-c2nnc(SCc3ccccc3)n2-c2ccccc2)cc1. The van der Waals surface area contributed by atoms with Crippen LogP contribution in [0.25, 0.3) is 17.1 Å². The third-order valence-corrected chi connectivity index (χ3v) is 5.21. The molecule has 0 radical (unpaired) electrons. The number of ether oxygens (including phenoxy) is 1. The number of rotatable bonds is 6. The molecule has 0 unspecified atom stereocenters. The van der Waals surface area contributed by atoms with Crippen molar-refractivity contribution in [3.05, 3.63) is 90.5 Å². The number of thioether (sulfide) groups is 1. The highest BCUT2D eigenvalue weighted by Gasteiger charge is 2.16. The lowest BCUT2D eigenvalue weighted by Gasteiger charge is -2.10. The highest BCUT2D eigenvalue weighted by atomic mass is 32.2. The summed E-state index contributed by atoms with van der Waals surface area (Å²) in [6, 6.07) is 28.5. The van der Waals surface area contributed by atoms with Gasteiger partial charge in [0.05, 0.1) is 7.11 Å². The van der Waals surface area contributed by atoms with Crippen molar-refractivity contribution in [2.24, 2.45) is 0 Å². The van der Waals surface area contributed by atoms with Crippen molar-refractivity contribution in [2.75, 3.05) is 7.11 Å². The average molecular weight is 373 g/mol. The van der Waals surface area contributed by atoms with Crippen molar-refractivity contribution < 1.29 is 4.74 Å². The minimum Gasteiger partial charge on any atom is -0.497 e. The fourth-order valence-corrected chi connectivity index (χ4v) is 3.73. The van der Waals surface area contributed by atoms with Gasteiger partial charge in [-0.05, 0) is 42.0 Å². The molecule has 27 heavy (non-hydrogen) atoms. The lowest BCUT2D eigenvalue weighted by atomic mass is 10.2. The van der Waals surface area contributed by atoms with Crippen molar-refractivity contribution in [1.82, 2.24) is 14.8 Å². The van der Waals surface area contributed by atoms with Crippen LogP contribution >= 0.6 is 11.8 Å². The summed E-state index contributed by atoms with van der Waals surface area (Å²) in [7, 11) is 1.67. The summed E-state index contributed by atoms with van der Waals surface area (Å²) >= 11 is 1.68. The summed E-state index contributed by atoms with van der Waals surface area (Å²) in [6.45, 7) is 0. The molecule has 0 saturated carbocycles. The zero-order chi connectivity index (χ0) is 18.5. The molecule has 134 valence electrons. The average Bonchev–Trinajstić information content (AvgIpc) is 3.17. The largest absolute Gasteiger partial charge is 0.497 e. The van der Waals surface area contributed by atoms with E-state index in [4.69, 9.17) is 4.74 Å². The molecule has 0 aliphatic rings. The van der Waals surface area contributed by atoms with E-state index in [1.165, 1.54) is 5.56 Å². The van der Waals surface area contributed by atoms with Gasteiger partial charge in [0.25, 0.3) is 0 Å². The van der Waals surface area contributed by atoms with Gasteiger partial charge in [-0.2, -0.15) is 0 Å². The maximum absolute atomic E-state index is 5.27. The van der Waals surface area contributed by atoms with Gasteiger partial charge >= 0.3 is 0 Å². The Balaban J connectivity index is 1.72. The van der Waals surface area contributed by atoms with E-state index < -0.39 is 0 Å². The third kappa shape index (κ3) is 3.88. The van der Waals surface area contributed by atoms with Crippen LogP contribution in [0.15, 0.2) is 90.1 Å². The normalized spacial score (nSPS) is 10.7. The van der Waals surface area contributed by atoms with Crippen molar-refractivity contribution >= 4 is 11.8 Å². The van der Waals surface area contributed by atoms with E-state index >= 15 is 0 Å². The van der Waals surface area contributed by atoms with Gasteiger partial charge < -0.3 is 4.74 Å². The molecular formula is C22H19N3OS. The molecule has 0 N–H and O–H groups in total. The standard InChI is InChI=1S/C22H19N3OS/c1-26-20-14-12-18(13-15-20)21-23-24-22(25(21)19-10-6-3-7-11-19)27-16-17-8-4-2-5-9-17/h2-15H,16H2,1H3. The Kier molecular flexibility index (Phi) is 5.21. The van der Waals surface area contributed by atoms with Gasteiger partial charge in [0.1, 0.15) is 5.75 Å². The summed E-state index contributed by atoms with van der Waals surface area (Å²) in [5.41, 5.74) is 3.30. The fraction of sp³-hybridized carbons (Fsp3) is 0.0909. The van der Waals surface area contributed by atoms with E-state index in [-0.39, 0.29) is 0 Å². The monoisotopic (exact) mass is 373 g/mol. The van der Waals surface area contributed by atoms with Crippen LogP contribution in [0.3, 0.4) is 0 Å². The Morgan fingerprint density at radius 1 is 0.815 bits per heavy atom. The second kappa shape index (κ2) is 8.10. The zero-order valence-corrected chi connectivity index (χ0v) is 15.8. The second-order valence-electron chi connectivity index (χ2n) is 5.98. The smallest absolute Gasteiger partial charge is 0.196 e. The molecule has 1 aromatic heterocycles. The van der Waals surface area contributed by atoms with Crippen LogP contribution in [-0.2, 0) is 5.75 Å². The van der Waals surface area contributed by atoms with Crippen molar-refractivity contribution in [3.63, 3.8) is 0 Å². The van der Waals surface area contributed by atoms with Crippen molar-refractivity contribution in [3.8, 4) is 22.8 Å². The predicted octanol–water partition coefficient (Wildman–Crippen LogP) is 5.24. The lowest BCUT2D eigenvalue weighted by Crippen LogP contribution is -1.99. The maximum Gasteiger partial charge on any atom is 0.196 e. The number of benzene rings is 3. The number of aromatic nitrogens is 3. The molecule has 4 aromatic rings. The van der Waals surface area contributed by atoms with Crippen LogP contribution < -0.4 is 4.74 Å². The molecule has 0 atom stereocenters. The van der Waals surface area contributed by atoms with Crippen molar-refractivity contribution in [1.29, 1.82) is 0 Å². The predicted molar refractivity (Wildman–Crippen MR) is 109 cm³/mol.